The van der Waals surface area contributed by atoms with Crippen molar-refractivity contribution in [2.75, 3.05) is 13.2 Å². The molecule has 2 atom stereocenters. The Labute approximate surface area is 109 Å². The minimum atomic E-state index is -0.00117. The van der Waals surface area contributed by atoms with E-state index in [1.165, 1.54) is 0 Å². The highest BCUT2D eigenvalue weighted by Crippen LogP contribution is 2.08. The van der Waals surface area contributed by atoms with Gasteiger partial charge in [-0.2, -0.15) is 0 Å². The molecule has 1 aromatic rings. The Bertz CT molecular complexity index is 354. The first-order chi connectivity index (χ1) is 8.63. The molecule has 0 radical (unpaired) electrons. The van der Waals surface area contributed by atoms with E-state index in [-0.39, 0.29) is 17.9 Å². The number of para-hydroxylation sites is 1. The van der Waals surface area contributed by atoms with Crippen LogP contribution in [0, 0.1) is 5.92 Å². The highest BCUT2D eigenvalue weighted by Gasteiger charge is 2.12. The maximum absolute atomic E-state index is 11.6. The summed E-state index contributed by atoms with van der Waals surface area (Å²) in [6.45, 7) is 4.94. The molecule has 0 aliphatic rings. The van der Waals surface area contributed by atoms with E-state index in [9.17, 15) is 4.79 Å². The number of carbonyl (C=O) groups is 1. The van der Waals surface area contributed by atoms with Crippen molar-refractivity contribution in [3.05, 3.63) is 30.3 Å². The topological polar surface area (TPSA) is 64.3 Å². The third-order valence-corrected chi connectivity index (χ3v) is 2.96. The summed E-state index contributed by atoms with van der Waals surface area (Å²) in [4.78, 5) is 11.6. The van der Waals surface area contributed by atoms with Crippen molar-refractivity contribution >= 4 is 5.91 Å². The Morgan fingerprint density at radius 3 is 2.61 bits per heavy atom. The molecule has 100 valence electrons. The van der Waals surface area contributed by atoms with E-state index in [0.717, 1.165) is 5.75 Å². The van der Waals surface area contributed by atoms with E-state index < -0.39 is 0 Å². The number of nitrogens with two attached hydrogens (primary N) is 1. The number of ether oxygens (including phenoxy) is 1. The van der Waals surface area contributed by atoms with E-state index in [0.29, 0.717) is 19.6 Å². The fraction of sp³-hybridized carbons (Fsp3) is 0.500. The lowest BCUT2D eigenvalue weighted by Gasteiger charge is -2.19. The Kier molecular flexibility index (Phi) is 6.22. The second-order valence-corrected chi connectivity index (χ2v) is 4.48. The van der Waals surface area contributed by atoms with Crippen LogP contribution in [0.1, 0.15) is 20.3 Å². The first-order valence-corrected chi connectivity index (χ1v) is 6.30. The molecule has 4 heteroatoms. The largest absolute Gasteiger partial charge is 0.493 e. The quantitative estimate of drug-likeness (QED) is 0.771. The molecule has 1 aromatic carbocycles. The molecule has 3 N–H and O–H groups in total. The van der Waals surface area contributed by atoms with Crippen LogP contribution < -0.4 is 15.8 Å². The minimum absolute atomic E-state index is 0.00117. The fourth-order valence-electron chi connectivity index (χ4n) is 1.45. The number of hydrogen-bond donors (Lipinski definition) is 2. The summed E-state index contributed by atoms with van der Waals surface area (Å²) in [5.41, 5.74) is 5.55. The van der Waals surface area contributed by atoms with Crippen molar-refractivity contribution in [3.63, 3.8) is 0 Å². The zero-order valence-electron chi connectivity index (χ0n) is 11.1. The van der Waals surface area contributed by atoms with Gasteiger partial charge >= 0.3 is 0 Å². The standard InChI is InChI=1S/C14H22N2O2/c1-11(10-15)12(2)16-14(17)8-9-18-13-6-4-3-5-7-13/h3-7,11-12H,8-10,15H2,1-2H3,(H,16,17). The molecular formula is C14H22N2O2. The summed E-state index contributed by atoms with van der Waals surface area (Å²) in [5, 5.41) is 2.92. The molecule has 0 fully saturated rings. The van der Waals surface area contributed by atoms with Gasteiger partial charge in [0.1, 0.15) is 5.75 Å². The van der Waals surface area contributed by atoms with E-state index >= 15 is 0 Å². The van der Waals surface area contributed by atoms with Gasteiger partial charge in [0.2, 0.25) is 5.91 Å². The molecule has 0 saturated heterocycles. The minimum Gasteiger partial charge on any atom is -0.493 e. The average Bonchev–Trinajstić information content (AvgIpc) is 2.38. The van der Waals surface area contributed by atoms with Crippen LogP contribution >= 0.6 is 0 Å². The van der Waals surface area contributed by atoms with Crippen LogP contribution in [0.5, 0.6) is 5.75 Å². The van der Waals surface area contributed by atoms with Crippen molar-refractivity contribution in [3.8, 4) is 5.75 Å². The first kappa shape index (κ1) is 14.5. The second kappa shape index (κ2) is 7.71. The monoisotopic (exact) mass is 250 g/mol. The average molecular weight is 250 g/mol. The zero-order chi connectivity index (χ0) is 13.4. The van der Waals surface area contributed by atoms with E-state index in [2.05, 4.69) is 5.32 Å². The number of nitrogens with one attached hydrogen (secondary N) is 1. The Morgan fingerprint density at radius 2 is 2.00 bits per heavy atom. The molecule has 1 rings (SSSR count). The van der Waals surface area contributed by atoms with Gasteiger partial charge in [-0.05, 0) is 31.5 Å². The highest BCUT2D eigenvalue weighted by atomic mass is 16.5. The molecule has 0 saturated carbocycles. The van der Waals surface area contributed by atoms with Crippen molar-refractivity contribution in [2.45, 2.75) is 26.3 Å². The summed E-state index contributed by atoms with van der Waals surface area (Å²) < 4.78 is 5.46. The maximum Gasteiger partial charge on any atom is 0.223 e. The van der Waals surface area contributed by atoms with Crippen molar-refractivity contribution in [1.82, 2.24) is 5.32 Å². The predicted octanol–water partition coefficient (Wildman–Crippen LogP) is 1.55. The van der Waals surface area contributed by atoms with Gasteiger partial charge in [0, 0.05) is 6.04 Å². The zero-order valence-corrected chi connectivity index (χ0v) is 11.1. The van der Waals surface area contributed by atoms with Crippen LogP contribution in [-0.2, 0) is 4.79 Å². The molecule has 0 spiro atoms. The van der Waals surface area contributed by atoms with Crippen molar-refractivity contribution in [2.24, 2.45) is 11.7 Å². The summed E-state index contributed by atoms with van der Waals surface area (Å²) >= 11 is 0. The van der Waals surface area contributed by atoms with Gasteiger partial charge in [-0.25, -0.2) is 0 Å². The van der Waals surface area contributed by atoms with Gasteiger partial charge in [-0.15, -0.1) is 0 Å². The first-order valence-electron chi connectivity index (χ1n) is 6.30. The Balaban J connectivity index is 2.21. The summed E-state index contributed by atoms with van der Waals surface area (Å²) in [6.07, 6.45) is 0.358. The van der Waals surface area contributed by atoms with Crippen molar-refractivity contribution in [1.29, 1.82) is 0 Å². The molecule has 1 amide bonds. The predicted molar refractivity (Wildman–Crippen MR) is 72.4 cm³/mol. The molecule has 0 heterocycles. The van der Waals surface area contributed by atoms with E-state index in [1.54, 1.807) is 0 Å². The molecule has 18 heavy (non-hydrogen) atoms. The number of amides is 1. The number of benzene rings is 1. The third-order valence-electron chi connectivity index (χ3n) is 2.96. The van der Waals surface area contributed by atoms with Gasteiger partial charge in [-0.3, -0.25) is 4.79 Å². The van der Waals surface area contributed by atoms with Crippen LogP contribution in [0.4, 0.5) is 0 Å². The molecule has 0 bridgehead atoms. The third kappa shape index (κ3) is 5.19. The van der Waals surface area contributed by atoms with Gasteiger partial charge in [0.05, 0.1) is 13.0 Å². The molecule has 0 aromatic heterocycles. The SMILES string of the molecule is CC(CN)C(C)NC(=O)CCOc1ccccc1. The van der Waals surface area contributed by atoms with Crippen LogP contribution in [0.2, 0.25) is 0 Å². The number of hydrogen-bond acceptors (Lipinski definition) is 3. The number of carbonyl (C=O) groups excluding carboxylic acids is 1. The highest BCUT2D eigenvalue weighted by molar-refractivity contribution is 5.76. The van der Waals surface area contributed by atoms with Gasteiger partial charge in [0.15, 0.2) is 0 Å². The van der Waals surface area contributed by atoms with Crippen LogP contribution in [0.3, 0.4) is 0 Å². The van der Waals surface area contributed by atoms with Crippen LogP contribution in [-0.4, -0.2) is 25.1 Å². The normalized spacial score (nSPS) is 13.7. The van der Waals surface area contributed by atoms with Gasteiger partial charge in [-0.1, -0.05) is 25.1 Å². The Morgan fingerprint density at radius 1 is 1.33 bits per heavy atom. The maximum atomic E-state index is 11.6. The molecule has 0 aliphatic heterocycles. The van der Waals surface area contributed by atoms with Gasteiger partial charge < -0.3 is 15.8 Å². The van der Waals surface area contributed by atoms with Crippen LogP contribution in [0.25, 0.3) is 0 Å². The summed E-state index contributed by atoms with van der Waals surface area (Å²) in [5.74, 6) is 1.07. The van der Waals surface area contributed by atoms with Crippen LogP contribution in [0.15, 0.2) is 30.3 Å². The lowest BCUT2D eigenvalue weighted by Crippen LogP contribution is -2.40. The molecule has 2 unspecified atom stereocenters. The van der Waals surface area contributed by atoms with E-state index in [1.807, 2.05) is 44.2 Å². The number of rotatable bonds is 7. The smallest absolute Gasteiger partial charge is 0.223 e. The summed E-state index contributed by atoms with van der Waals surface area (Å²) in [6, 6.07) is 9.57. The lowest BCUT2D eigenvalue weighted by atomic mass is 10.0. The fourth-order valence-corrected chi connectivity index (χ4v) is 1.45. The lowest BCUT2D eigenvalue weighted by molar-refractivity contribution is -0.122. The van der Waals surface area contributed by atoms with Gasteiger partial charge in [0.25, 0.3) is 0 Å². The Hall–Kier alpha value is -1.55. The molecule has 0 aliphatic carbocycles. The van der Waals surface area contributed by atoms with Crippen molar-refractivity contribution < 1.29 is 9.53 Å². The second-order valence-electron chi connectivity index (χ2n) is 4.48. The van der Waals surface area contributed by atoms with E-state index in [4.69, 9.17) is 10.5 Å². The molecule has 4 nitrogen and oxygen atoms in total. The molecular weight excluding hydrogens is 228 g/mol. The summed E-state index contributed by atoms with van der Waals surface area (Å²) in [7, 11) is 0.